The van der Waals surface area contributed by atoms with Gasteiger partial charge in [0.05, 0.1) is 11.4 Å². The maximum absolute atomic E-state index is 11.5. The molecule has 0 aromatic heterocycles. The molecule has 1 aliphatic rings. The average molecular weight is 245 g/mol. The van der Waals surface area contributed by atoms with Crippen LogP contribution in [0.15, 0.2) is 23.5 Å². The molecule has 5 heteroatoms. The molecule has 0 bridgehead atoms. The molecule has 18 heavy (non-hydrogen) atoms. The van der Waals surface area contributed by atoms with Crippen molar-refractivity contribution in [1.29, 1.82) is 0 Å². The second kappa shape index (κ2) is 4.18. The lowest BCUT2D eigenvalue weighted by atomic mass is 10.0. The van der Waals surface area contributed by atoms with E-state index in [1.807, 2.05) is 26.0 Å². The van der Waals surface area contributed by atoms with E-state index in [-0.39, 0.29) is 17.2 Å². The maximum Gasteiger partial charge on any atom is 0.267 e. The standard InChI is InChI=1S/C13H15N3O2/c1-6-4-7(2)10-9(5-6)15-12(13(14)18)11(16-10)8(3)17/h4-5,15-16H,1-3H3,(H2,14,18). The number of hydrogen-bond donors (Lipinski definition) is 3. The number of fused-ring (bicyclic) bond motifs is 1. The van der Waals surface area contributed by atoms with Crippen molar-refractivity contribution in [2.24, 2.45) is 5.73 Å². The van der Waals surface area contributed by atoms with Crippen molar-refractivity contribution < 1.29 is 9.59 Å². The summed E-state index contributed by atoms with van der Waals surface area (Å²) in [6.07, 6.45) is 0. The Morgan fingerprint density at radius 1 is 1.11 bits per heavy atom. The summed E-state index contributed by atoms with van der Waals surface area (Å²) in [6, 6.07) is 3.90. The zero-order chi connectivity index (χ0) is 13.4. The highest BCUT2D eigenvalue weighted by Gasteiger charge is 2.24. The zero-order valence-corrected chi connectivity index (χ0v) is 10.5. The number of nitrogens with one attached hydrogen (secondary N) is 2. The lowest BCUT2D eigenvalue weighted by Crippen LogP contribution is -2.30. The molecule has 2 rings (SSSR count). The van der Waals surface area contributed by atoms with Gasteiger partial charge >= 0.3 is 0 Å². The molecule has 0 saturated carbocycles. The van der Waals surface area contributed by atoms with Crippen LogP contribution in [-0.2, 0) is 9.59 Å². The fourth-order valence-corrected chi connectivity index (χ4v) is 2.07. The molecule has 4 N–H and O–H groups in total. The van der Waals surface area contributed by atoms with Crippen molar-refractivity contribution in [2.45, 2.75) is 20.8 Å². The highest BCUT2D eigenvalue weighted by molar-refractivity contribution is 6.10. The van der Waals surface area contributed by atoms with Crippen LogP contribution >= 0.6 is 0 Å². The monoisotopic (exact) mass is 245 g/mol. The van der Waals surface area contributed by atoms with E-state index >= 15 is 0 Å². The predicted molar refractivity (Wildman–Crippen MR) is 70.1 cm³/mol. The normalized spacial score (nSPS) is 13.5. The number of benzene rings is 1. The number of ketones is 1. The summed E-state index contributed by atoms with van der Waals surface area (Å²) < 4.78 is 0. The van der Waals surface area contributed by atoms with Crippen molar-refractivity contribution >= 4 is 23.1 Å². The number of hydrogen-bond acceptors (Lipinski definition) is 4. The largest absolute Gasteiger partial charge is 0.364 e. The third-order valence-corrected chi connectivity index (χ3v) is 2.84. The van der Waals surface area contributed by atoms with Crippen LogP contribution in [0.3, 0.4) is 0 Å². The number of carbonyl (C=O) groups excluding carboxylic acids is 2. The minimum absolute atomic E-state index is 0.111. The molecule has 94 valence electrons. The summed E-state index contributed by atoms with van der Waals surface area (Å²) in [5.74, 6) is -0.889. The minimum Gasteiger partial charge on any atom is -0.364 e. The molecule has 1 amide bonds. The quantitative estimate of drug-likeness (QED) is 0.735. The van der Waals surface area contributed by atoms with Gasteiger partial charge in [-0.25, -0.2) is 0 Å². The molecule has 0 spiro atoms. The number of carbonyl (C=O) groups is 2. The molecule has 0 aliphatic carbocycles. The zero-order valence-electron chi connectivity index (χ0n) is 10.5. The second-order valence-electron chi connectivity index (χ2n) is 4.42. The number of anilines is 2. The van der Waals surface area contributed by atoms with Crippen LogP contribution in [-0.4, -0.2) is 11.7 Å². The molecular formula is C13H15N3O2. The highest BCUT2D eigenvalue weighted by Crippen LogP contribution is 2.34. The molecule has 0 fully saturated rings. The molecule has 1 aliphatic heterocycles. The number of Topliss-reactive ketones (excluding diaryl/α,β-unsaturated/α-hetero) is 1. The fraction of sp³-hybridized carbons (Fsp3) is 0.231. The molecule has 1 aromatic rings. The van der Waals surface area contributed by atoms with Crippen molar-refractivity contribution in [1.82, 2.24) is 0 Å². The van der Waals surface area contributed by atoms with Gasteiger partial charge in [-0.15, -0.1) is 0 Å². The van der Waals surface area contributed by atoms with Crippen LogP contribution < -0.4 is 16.4 Å². The number of aryl methyl sites for hydroxylation is 2. The smallest absolute Gasteiger partial charge is 0.267 e. The lowest BCUT2D eigenvalue weighted by Gasteiger charge is -2.25. The Labute approximate surface area is 105 Å². The van der Waals surface area contributed by atoms with Crippen LogP contribution in [0, 0.1) is 13.8 Å². The van der Waals surface area contributed by atoms with E-state index in [1.54, 1.807) is 0 Å². The van der Waals surface area contributed by atoms with Gasteiger partial charge in [-0.05, 0) is 31.0 Å². The van der Waals surface area contributed by atoms with Gasteiger partial charge in [0.1, 0.15) is 11.4 Å². The summed E-state index contributed by atoms with van der Waals surface area (Å²) in [4.78, 5) is 22.9. The van der Waals surface area contributed by atoms with Gasteiger partial charge in [-0.1, -0.05) is 6.07 Å². The summed E-state index contributed by atoms with van der Waals surface area (Å²) >= 11 is 0. The number of amides is 1. The average Bonchev–Trinajstić information content (AvgIpc) is 2.26. The van der Waals surface area contributed by atoms with Crippen molar-refractivity contribution in [3.63, 3.8) is 0 Å². The number of rotatable bonds is 2. The van der Waals surface area contributed by atoms with Gasteiger partial charge < -0.3 is 16.4 Å². The van der Waals surface area contributed by atoms with E-state index < -0.39 is 5.91 Å². The highest BCUT2D eigenvalue weighted by atomic mass is 16.1. The van der Waals surface area contributed by atoms with Crippen LogP contribution in [0.2, 0.25) is 0 Å². The molecule has 0 atom stereocenters. The van der Waals surface area contributed by atoms with Crippen LogP contribution in [0.1, 0.15) is 18.1 Å². The second-order valence-corrected chi connectivity index (χ2v) is 4.42. The number of primary amides is 1. The van der Waals surface area contributed by atoms with Gasteiger partial charge in [0.2, 0.25) is 0 Å². The Hall–Kier alpha value is -2.30. The van der Waals surface area contributed by atoms with E-state index in [2.05, 4.69) is 10.6 Å². The van der Waals surface area contributed by atoms with Crippen LogP contribution in [0.4, 0.5) is 11.4 Å². The summed E-state index contributed by atoms with van der Waals surface area (Å²) in [5, 5.41) is 5.92. The summed E-state index contributed by atoms with van der Waals surface area (Å²) in [6.45, 7) is 5.29. The fourth-order valence-electron chi connectivity index (χ4n) is 2.07. The molecule has 1 heterocycles. The van der Waals surface area contributed by atoms with E-state index in [9.17, 15) is 9.59 Å². The molecule has 0 unspecified atom stereocenters. The summed E-state index contributed by atoms with van der Waals surface area (Å²) in [5.41, 5.74) is 9.22. The lowest BCUT2D eigenvalue weighted by molar-refractivity contribution is -0.116. The predicted octanol–water partition coefficient (Wildman–Crippen LogP) is 1.43. The molecule has 0 radical (unpaired) electrons. The van der Waals surface area contributed by atoms with Gasteiger partial charge in [0, 0.05) is 6.92 Å². The molecule has 1 aromatic carbocycles. The Bertz CT molecular complexity index is 588. The first-order valence-electron chi connectivity index (χ1n) is 5.60. The van der Waals surface area contributed by atoms with Crippen molar-refractivity contribution in [2.75, 3.05) is 10.6 Å². The van der Waals surface area contributed by atoms with Gasteiger partial charge in [-0.3, -0.25) is 9.59 Å². The van der Waals surface area contributed by atoms with Gasteiger partial charge in [0.25, 0.3) is 5.91 Å². The third kappa shape index (κ3) is 1.95. The van der Waals surface area contributed by atoms with Crippen molar-refractivity contribution in [3.05, 3.63) is 34.7 Å². The number of allylic oxidation sites excluding steroid dienone is 1. The Balaban J connectivity index is 2.57. The first-order valence-corrected chi connectivity index (χ1v) is 5.60. The molecular weight excluding hydrogens is 230 g/mol. The molecule has 5 nitrogen and oxygen atoms in total. The van der Waals surface area contributed by atoms with Gasteiger partial charge in [-0.2, -0.15) is 0 Å². The van der Waals surface area contributed by atoms with E-state index in [1.165, 1.54) is 6.92 Å². The van der Waals surface area contributed by atoms with E-state index in [4.69, 9.17) is 5.73 Å². The first-order chi connectivity index (χ1) is 8.40. The SMILES string of the molecule is CC(=O)C1=C(C(N)=O)Nc2cc(C)cc(C)c2N1. The van der Waals surface area contributed by atoms with E-state index in [0.717, 1.165) is 22.5 Å². The minimum atomic E-state index is -0.655. The van der Waals surface area contributed by atoms with E-state index in [0.29, 0.717) is 0 Å². The topological polar surface area (TPSA) is 84.2 Å². The van der Waals surface area contributed by atoms with Crippen LogP contribution in [0.5, 0.6) is 0 Å². The Morgan fingerprint density at radius 3 is 2.33 bits per heavy atom. The maximum atomic E-state index is 11.5. The Morgan fingerprint density at radius 2 is 1.78 bits per heavy atom. The molecule has 0 saturated heterocycles. The summed E-state index contributed by atoms with van der Waals surface area (Å²) in [7, 11) is 0. The van der Waals surface area contributed by atoms with Crippen molar-refractivity contribution in [3.8, 4) is 0 Å². The third-order valence-electron chi connectivity index (χ3n) is 2.84. The van der Waals surface area contributed by atoms with Crippen LogP contribution in [0.25, 0.3) is 0 Å². The number of nitrogens with two attached hydrogens (primary N) is 1. The van der Waals surface area contributed by atoms with Gasteiger partial charge in [0.15, 0.2) is 5.78 Å². The Kier molecular flexibility index (Phi) is 2.82. The first kappa shape index (κ1) is 12.2.